The van der Waals surface area contributed by atoms with Gasteiger partial charge in [0.1, 0.15) is 5.78 Å². The summed E-state index contributed by atoms with van der Waals surface area (Å²) in [5.74, 6) is -1.85. The minimum atomic E-state index is -0.964. The first kappa shape index (κ1) is 13.6. The van der Waals surface area contributed by atoms with Crippen LogP contribution in [0, 0.1) is 0 Å². The van der Waals surface area contributed by atoms with Crippen LogP contribution in [0.4, 0.5) is 0 Å². The Morgan fingerprint density at radius 3 is 1.73 bits per heavy atom. The molecule has 0 aromatic rings. The number of carboxylic acid groups (broad SMARTS) is 2. The van der Waals surface area contributed by atoms with Gasteiger partial charge in [0.2, 0.25) is 0 Å². The van der Waals surface area contributed by atoms with Crippen molar-refractivity contribution in [3.63, 3.8) is 0 Å². The molecule has 0 bridgehead atoms. The molecule has 0 aliphatic heterocycles. The Morgan fingerprint density at radius 2 is 1.20 bits per heavy atom. The Balaban J connectivity index is 3.31. The molecule has 0 saturated carbocycles. The van der Waals surface area contributed by atoms with E-state index in [4.69, 9.17) is 10.2 Å². The molecule has 5 nitrogen and oxygen atoms in total. The molecule has 5 heteroatoms. The summed E-state index contributed by atoms with van der Waals surface area (Å²) >= 11 is 0. The van der Waals surface area contributed by atoms with Crippen molar-refractivity contribution in [3.8, 4) is 0 Å². The van der Waals surface area contributed by atoms with Crippen LogP contribution in [0.3, 0.4) is 0 Å². The van der Waals surface area contributed by atoms with Gasteiger partial charge in [-0.05, 0) is 12.8 Å². The van der Waals surface area contributed by atoms with Crippen molar-refractivity contribution in [3.05, 3.63) is 0 Å². The molecule has 86 valence electrons. The number of carbonyl (C=O) groups excluding carboxylic acids is 1. The molecule has 0 amide bonds. The molecule has 0 saturated heterocycles. The molecule has 0 aliphatic carbocycles. The van der Waals surface area contributed by atoms with Crippen LogP contribution in [0.15, 0.2) is 0 Å². The summed E-state index contributed by atoms with van der Waals surface area (Å²) in [7, 11) is 0. The first-order valence-corrected chi connectivity index (χ1v) is 4.97. The summed E-state index contributed by atoms with van der Waals surface area (Å²) in [4.78, 5) is 31.3. The van der Waals surface area contributed by atoms with E-state index in [1.54, 1.807) is 0 Å². The first-order valence-electron chi connectivity index (χ1n) is 4.97. The second-order valence-electron chi connectivity index (χ2n) is 3.39. The third-order valence-corrected chi connectivity index (χ3v) is 1.96. The number of unbranched alkanes of at least 4 members (excludes halogenated alkanes) is 2. The van der Waals surface area contributed by atoms with E-state index in [9.17, 15) is 14.4 Å². The van der Waals surface area contributed by atoms with Gasteiger partial charge in [-0.2, -0.15) is 0 Å². The molecule has 0 heterocycles. The maximum Gasteiger partial charge on any atom is 0.303 e. The van der Waals surface area contributed by atoms with E-state index in [1.807, 2.05) is 0 Å². The van der Waals surface area contributed by atoms with Crippen LogP contribution < -0.4 is 0 Å². The summed E-state index contributed by atoms with van der Waals surface area (Å²) in [5.41, 5.74) is 0. The highest BCUT2D eigenvalue weighted by molar-refractivity contribution is 5.82. The second kappa shape index (κ2) is 7.96. The largest absolute Gasteiger partial charge is 0.481 e. The van der Waals surface area contributed by atoms with E-state index in [1.165, 1.54) is 0 Å². The fourth-order valence-electron chi connectivity index (χ4n) is 1.15. The van der Waals surface area contributed by atoms with Gasteiger partial charge >= 0.3 is 11.9 Å². The molecule has 2 N–H and O–H groups in total. The lowest BCUT2D eigenvalue weighted by Crippen LogP contribution is -2.03. The summed E-state index contributed by atoms with van der Waals surface area (Å²) in [6.07, 6.45) is 2.36. The van der Waals surface area contributed by atoms with Gasteiger partial charge in [-0.1, -0.05) is 6.42 Å². The molecule has 0 aromatic carbocycles. The first-order chi connectivity index (χ1) is 7.02. The normalized spacial score (nSPS) is 9.87. The number of ketones is 1. The summed E-state index contributed by atoms with van der Waals surface area (Å²) < 4.78 is 0. The molecule has 0 rings (SSSR count). The Kier molecular flexibility index (Phi) is 7.23. The zero-order valence-electron chi connectivity index (χ0n) is 8.57. The average Bonchev–Trinajstić information content (AvgIpc) is 2.13. The maximum atomic E-state index is 11.1. The zero-order valence-corrected chi connectivity index (χ0v) is 8.57. The number of rotatable bonds is 9. The third-order valence-electron chi connectivity index (χ3n) is 1.96. The third kappa shape index (κ3) is 10.5. The molecule has 0 aromatic heterocycles. The van der Waals surface area contributed by atoms with E-state index in [2.05, 4.69) is 0 Å². The number of carboxylic acids is 2. The summed E-state index contributed by atoms with van der Waals surface area (Å²) in [5, 5.41) is 16.7. The van der Waals surface area contributed by atoms with Crippen LogP contribution in [0.1, 0.15) is 44.9 Å². The maximum absolute atomic E-state index is 11.1. The Labute approximate surface area is 88.1 Å². The molecule has 0 aliphatic rings. The van der Waals surface area contributed by atoms with Crippen molar-refractivity contribution in [1.82, 2.24) is 0 Å². The minimum Gasteiger partial charge on any atom is -0.481 e. The molecular weight excluding hydrogens is 200 g/mol. The van der Waals surface area contributed by atoms with Crippen molar-refractivity contribution < 1.29 is 24.6 Å². The lowest BCUT2D eigenvalue weighted by Gasteiger charge is -1.98. The van der Waals surface area contributed by atoms with Gasteiger partial charge in [-0.15, -0.1) is 0 Å². The van der Waals surface area contributed by atoms with Crippen molar-refractivity contribution in [2.24, 2.45) is 0 Å². The van der Waals surface area contributed by atoms with Crippen LogP contribution in [-0.2, 0) is 14.4 Å². The van der Waals surface area contributed by atoms with E-state index in [0.717, 1.165) is 0 Å². The predicted molar refractivity (Wildman–Crippen MR) is 52.6 cm³/mol. The predicted octanol–water partition coefficient (Wildman–Crippen LogP) is 1.46. The highest BCUT2D eigenvalue weighted by Gasteiger charge is 2.05. The van der Waals surface area contributed by atoms with E-state index >= 15 is 0 Å². The topological polar surface area (TPSA) is 91.7 Å². The number of Topliss-reactive ketones (excluding diaryl/α,β-unsaturated/α-hetero) is 1. The SMILES string of the molecule is O=C(O)CCCCCC(=O)CCC(=O)O. The van der Waals surface area contributed by atoms with Crippen LogP contribution in [0.5, 0.6) is 0 Å². The van der Waals surface area contributed by atoms with Gasteiger partial charge in [-0.3, -0.25) is 14.4 Å². The summed E-state index contributed by atoms with van der Waals surface area (Å²) in [6.45, 7) is 0. The molecule has 0 radical (unpaired) electrons. The van der Waals surface area contributed by atoms with Crippen molar-refractivity contribution in [2.45, 2.75) is 44.9 Å². The smallest absolute Gasteiger partial charge is 0.303 e. The Hall–Kier alpha value is -1.39. The van der Waals surface area contributed by atoms with Crippen LogP contribution in [-0.4, -0.2) is 27.9 Å². The Bertz CT molecular complexity index is 234. The number of hydrogen-bond acceptors (Lipinski definition) is 3. The summed E-state index contributed by atoms with van der Waals surface area (Å²) in [6, 6.07) is 0. The van der Waals surface area contributed by atoms with Crippen molar-refractivity contribution >= 4 is 17.7 Å². The lowest BCUT2D eigenvalue weighted by atomic mass is 10.1. The molecule has 0 unspecified atom stereocenters. The minimum absolute atomic E-state index is 0.0623. The van der Waals surface area contributed by atoms with Crippen LogP contribution >= 0.6 is 0 Å². The standard InChI is InChI=1S/C10H16O5/c11-8(6-7-10(14)15)4-2-1-3-5-9(12)13/h1-7H2,(H,12,13)(H,14,15). The van der Waals surface area contributed by atoms with Crippen LogP contribution in [0.2, 0.25) is 0 Å². The van der Waals surface area contributed by atoms with E-state index in [0.29, 0.717) is 25.7 Å². The van der Waals surface area contributed by atoms with Crippen molar-refractivity contribution in [1.29, 1.82) is 0 Å². The molecule has 0 spiro atoms. The number of carbonyl (C=O) groups is 3. The fourth-order valence-corrected chi connectivity index (χ4v) is 1.15. The second-order valence-corrected chi connectivity index (χ2v) is 3.39. The quantitative estimate of drug-likeness (QED) is 0.569. The van der Waals surface area contributed by atoms with E-state index in [-0.39, 0.29) is 25.0 Å². The van der Waals surface area contributed by atoms with Gasteiger partial charge < -0.3 is 10.2 Å². The highest BCUT2D eigenvalue weighted by atomic mass is 16.4. The zero-order chi connectivity index (χ0) is 11.7. The number of hydrogen-bond donors (Lipinski definition) is 2. The molecule has 0 fully saturated rings. The average molecular weight is 216 g/mol. The number of aliphatic carboxylic acids is 2. The van der Waals surface area contributed by atoms with E-state index < -0.39 is 11.9 Å². The van der Waals surface area contributed by atoms with Gasteiger partial charge in [0.25, 0.3) is 0 Å². The van der Waals surface area contributed by atoms with Gasteiger partial charge in [0, 0.05) is 19.3 Å². The molecule has 15 heavy (non-hydrogen) atoms. The fraction of sp³-hybridized carbons (Fsp3) is 0.700. The highest BCUT2D eigenvalue weighted by Crippen LogP contribution is 2.05. The van der Waals surface area contributed by atoms with Gasteiger partial charge in [0.15, 0.2) is 0 Å². The van der Waals surface area contributed by atoms with Gasteiger partial charge in [-0.25, -0.2) is 0 Å². The van der Waals surface area contributed by atoms with Crippen LogP contribution in [0.25, 0.3) is 0 Å². The molecule has 0 atom stereocenters. The lowest BCUT2D eigenvalue weighted by molar-refractivity contribution is -0.139. The van der Waals surface area contributed by atoms with Crippen molar-refractivity contribution in [2.75, 3.05) is 0 Å². The monoisotopic (exact) mass is 216 g/mol. The molecular formula is C10H16O5. The Morgan fingerprint density at radius 1 is 0.667 bits per heavy atom. The van der Waals surface area contributed by atoms with Gasteiger partial charge in [0.05, 0.1) is 6.42 Å².